The minimum atomic E-state index is -3.53. The lowest BCUT2D eigenvalue weighted by atomic mass is 10.1. The first-order chi connectivity index (χ1) is 15.2. The van der Waals surface area contributed by atoms with Gasteiger partial charge in [0.15, 0.2) is 0 Å². The number of carbonyl (C=O) groups excluding carboxylic acids is 1. The Morgan fingerprint density at radius 3 is 2.41 bits per heavy atom. The van der Waals surface area contributed by atoms with Gasteiger partial charge in [-0.2, -0.15) is 4.31 Å². The van der Waals surface area contributed by atoms with Crippen molar-refractivity contribution < 1.29 is 22.3 Å². The number of ether oxygens (including phenoxy) is 1. The molecule has 1 amide bonds. The summed E-state index contributed by atoms with van der Waals surface area (Å²) >= 11 is 0. The molecule has 0 spiro atoms. The highest BCUT2D eigenvalue weighted by molar-refractivity contribution is 7.89. The number of aryl methyl sites for hydroxylation is 1. The molecule has 0 aliphatic carbocycles. The molecule has 2 aromatic carbocycles. The number of hydrogen-bond donors (Lipinski definition) is 1. The molecule has 1 aliphatic rings. The highest BCUT2D eigenvalue weighted by atomic mass is 32.2. The van der Waals surface area contributed by atoms with Gasteiger partial charge in [0, 0.05) is 38.3 Å². The highest BCUT2D eigenvalue weighted by Gasteiger charge is 2.26. The van der Waals surface area contributed by atoms with Gasteiger partial charge in [0.1, 0.15) is 5.82 Å². The number of hydrogen-bond acceptors (Lipinski definition) is 5. The molecule has 2 aromatic rings. The van der Waals surface area contributed by atoms with Crippen LogP contribution in [0.25, 0.3) is 0 Å². The summed E-state index contributed by atoms with van der Waals surface area (Å²) in [5.74, 6) is -0.629. The van der Waals surface area contributed by atoms with E-state index >= 15 is 0 Å². The fraction of sp³-hybridized carbons (Fsp3) is 0.435. The molecule has 0 atom stereocenters. The Labute approximate surface area is 189 Å². The fourth-order valence-corrected chi connectivity index (χ4v) is 4.80. The van der Waals surface area contributed by atoms with Crippen molar-refractivity contribution in [3.05, 3.63) is 53.8 Å². The van der Waals surface area contributed by atoms with E-state index in [2.05, 4.69) is 5.32 Å². The lowest BCUT2D eigenvalue weighted by Crippen LogP contribution is -2.40. The van der Waals surface area contributed by atoms with Gasteiger partial charge in [0.2, 0.25) is 15.9 Å². The van der Waals surface area contributed by atoms with Crippen molar-refractivity contribution in [2.75, 3.05) is 43.6 Å². The number of anilines is 2. The van der Waals surface area contributed by atoms with Gasteiger partial charge in [-0.1, -0.05) is 12.1 Å². The van der Waals surface area contributed by atoms with Crippen molar-refractivity contribution in [3.8, 4) is 0 Å². The summed E-state index contributed by atoms with van der Waals surface area (Å²) in [7, 11) is -1.72. The number of carbonyl (C=O) groups is 1. The molecule has 1 heterocycles. The van der Waals surface area contributed by atoms with Crippen LogP contribution in [0.4, 0.5) is 15.8 Å². The number of sulfonamides is 1. The van der Waals surface area contributed by atoms with E-state index in [0.29, 0.717) is 44.1 Å². The first kappa shape index (κ1) is 24.2. The van der Waals surface area contributed by atoms with Crippen LogP contribution in [0.5, 0.6) is 0 Å². The van der Waals surface area contributed by atoms with Gasteiger partial charge in [-0.15, -0.1) is 0 Å². The van der Waals surface area contributed by atoms with E-state index in [1.807, 2.05) is 25.8 Å². The van der Waals surface area contributed by atoms with Crippen LogP contribution in [0, 0.1) is 5.82 Å². The van der Waals surface area contributed by atoms with Crippen LogP contribution in [0.15, 0.2) is 47.4 Å². The Morgan fingerprint density at radius 1 is 1.16 bits per heavy atom. The predicted octanol–water partition coefficient (Wildman–Crippen LogP) is 3.26. The van der Waals surface area contributed by atoms with E-state index in [-0.39, 0.29) is 23.3 Å². The molecule has 0 radical (unpaired) electrons. The average molecular weight is 464 g/mol. The molecule has 1 saturated heterocycles. The highest BCUT2D eigenvalue weighted by Crippen LogP contribution is 2.24. The molecule has 1 fully saturated rings. The minimum absolute atomic E-state index is 0.153. The van der Waals surface area contributed by atoms with Gasteiger partial charge in [0.05, 0.1) is 23.8 Å². The van der Waals surface area contributed by atoms with Gasteiger partial charge in [-0.25, -0.2) is 12.8 Å². The van der Waals surface area contributed by atoms with E-state index in [1.165, 1.54) is 10.4 Å². The minimum Gasteiger partial charge on any atom is -0.379 e. The number of rotatable bonds is 8. The topological polar surface area (TPSA) is 79.0 Å². The third kappa shape index (κ3) is 5.85. The quantitative estimate of drug-likeness (QED) is 0.650. The second kappa shape index (κ2) is 10.4. The summed E-state index contributed by atoms with van der Waals surface area (Å²) in [6.45, 7) is 5.43. The van der Waals surface area contributed by atoms with Gasteiger partial charge in [-0.05, 0) is 56.2 Å². The molecule has 1 aliphatic heterocycles. The maximum absolute atomic E-state index is 14.4. The van der Waals surface area contributed by atoms with E-state index in [1.54, 1.807) is 36.4 Å². The molecule has 0 saturated carbocycles. The Morgan fingerprint density at radius 2 is 1.81 bits per heavy atom. The van der Waals surface area contributed by atoms with E-state index in [9.17, 15) is 17.6 Å². The molecule has 0 aromatic heterocycles. The largest absolute Gasteiger partial charge is 0.379 e. The van der Waals surface area contributed by atoms with Crippen molar-refractivity contribution >= 4 is 27.3 Å². The summed E-state index contributed by atoms with van der Waals surface area (Å²) in [5.41, 5.74) is 1.73. The summed E-state index contributed by atoms with van der Waals surface area (Å²) in [4.78, 5) is 14.4. The summed E-state index contributed by atoms with van der Waals surface area (Å²) in [6, 6.07) is 11.4. The van der Waals surface area contributed by atoms with Crippen LogP contribution in [-0.4, -0.2) is 58.0 Å². The average Bonchev–Trinajstić information content (AvgIpc) is 2.78. The van der Waals surface area contributed by atoms with Crippen LogP contribution >= 0.6 is 0 Å². The molecule has 7 nitrogen and oxygen atoms in total. The molecule has 174 valence electrons. The molecule has 32 heavy (non-hydrogen) atoms. The van der Waals surface area contributed by atoms with E-state index in [0.717, 1.165) is 5.56 Å². The Bertz CT molecular complexity index is 1040. The SMILES string of the molecule is CC(C)N(C)c1ccc(NC(=O)CCc2ccc(S(=O)(=O)N3CCOCC3)cc2)cc1F. The molecule has 3 rings (SSSR count). The molecule has 1 N–H and O–H groups in total. The number of amides is 1. The summed E-state index contributed by atoms with van der Waals surface area (Å²) in [6.07, 6.45) is 0.644. The zero-order valence-corrected chi connectivity index (χ0v) is 19.5. The summed E-state index contributed by atoms with van der Waals surface area (Å²) in [5, 5.41) is 2.72. The van der Waals surface area contributed by atoms with Gasteiger partial charge >= 0.3 is 0 Å². The second-order valence-electron chi connectivity index (χ2n) is 8.08. The zero-order valence-electron chi connectivity index (χ0n) is 18.7. The Hall–Kier alpha value is -2.49. The van der Waals surface area contributed by atoms with Crippen LogP contribution in [0.3, 0.4) is 0 Å². The lowest BCUT2D eigenvalue weighted by Gasteiger charge is -2.26. The monoisotopic (exact) mass is 463 g/mol. The number of halogens is 1. The van der Waals surface area contributed by atoms with Crippen molar-refractivity contribution in [2.45, 2.75) is 37.6 Å². The number of morpholine rings is 1. The van der Waals surface area contributed by atoms with Crippen molar-refractivity contribution in [1.82, 2.24) is 4.31 Å². The van der Waals surface area contributed by atoms with Crippen molar-refractivity contribution in [1.29, 1.82) is 0 Å². The van der Waals surface area contributed by atoms with Crippen LogP contribution in [-0.2, 0) is 26.0 Å². The molecular weight excluding hydrogens is 433 g/mol. The maximum atomic E-state index is 14.4. The molecule has 0 unspecified atom stereocenters. The van der Waals surface area contributed by atoms with Crippen LogP contribution in [0.1, 0.15) is 25.8 Å². The predicted molar refractivity (Wildman–Crippen MR) is 123 cm³/mol. The Kier molecular flexibility index (Phi) is 7.86. The Balaban J connectivity index is 1.55. The standard InChI is InChI=1S/C23H30FN3O4S/c1-17(2)26(3)22-10-7-19(16-21(22)24)25-23(28)11-6-18-4-8-20(9-5-18)32(29,30)27-12-14-31-15-13-27/h4-5,7-10,16-17H,6,11-15H2,1-3H3,(H,25,28). The molecular formula is C23H30FN3O4S. The third-order valence-corrected chi connectivity index (χ3v) is 7.47. The van der Waals surface area contributed by atoms with E-state index in [4.69, 9.17) is 4.74 Å². The fourth-order valence-electron chi connectivity index (χ4n) is 3.39. The maximum Gasteiger partial charge on any atom is 0.243 e. The number of benzene rings is 2. The van der Waals surface area contributed by atoms with Crippen molar-refractivity contribution in [3.63, 3.8) is 0 Å². The normalized spacial score (nSPS) is 15.0. The van der Waals surface area contributed by atoms with Gasteiger partial charge in [0.25, 0.3) is 0 Å². The van der Waals surface area contributed by atoms with E-state index < -0.39 is 15.8 Å². The number of nitrogens with one attached hydrogen (secondary N) is 1. The van der Waals surface area contributed by atoms with Crippen molar-refractivity contribution in [2.24, 2.45) is 0 Å². The van der Waals surface area contributed by atoms with Crippen LogP contribution < -0.4 is 10.2 Å². The first-order valence-electron chi connectivity index (χ1n) is 10.7. The molecule has 0 bridgehead atoms. The number of nitrogens with zero attached hydrogens (tertiary/aromatic N) is 2. The van der Waals surface area contributed by atoms with Crippen LogP contribution in [0.2, 0.25) is 0 Å². The zero-order chi connectivity index (χ0) is 23.3. The first-order valence-corrected chi connectivity index (χ1v) is 12.1. The van der Waals surface area contributed by atoms with Gasteiger partial charge in [-0.3, -0.25) is 4.79 Å². The van der Waals surface area contributed by atoms with Gasteiger partial charge < -0.3 is 15.0 Å². The molecule has 9 heteroatoms. The third-order valence-electron chi connectivity index (χ3n) is 5.56. The lowest BCUT2D eigenvalue weighted by molar-refractivity contribution is -0.116. The summed E-state index contributed by atoms with van der Waals surface area (Å²) < 4.78 is 46.4. The second-order valence-corrected chi connectivity index (χ2v) is 10.0. The smallest absolute Gasteiger partial charge is 0.243 e.